The molecule has 1 unspecified atom stereocenters. The van der Waals surface area contributed by atoms with Crippen molar-refractivity contribution in [2.75, 3.05) is 0 Å². The van der Waals surface area contributed by atoms with E-state index in [1.165, 1.54) is 17.2 Å². The van der Waals surface area contributed by atoms with Crippen LogP contribution in [0.2, 0.25) is 0 Å². The molecule has 2 rings (SSSR count). The highest BCUT2D eigenvalue weighted by molar-refractivity contribution is 5.32. The zero-order valence-electron chi connectivity index (χ0n) is 10.7. The summed E-state index contributed by atoms with van der Waals surface area (Å²) in [4.78, 5) is 4.03. The lowest BCUT2D eigenvalue weighted by Crippen LogP contribution is -2.17. The number of aryl methyl sites for hydroxylation is 2. The molecule has 1 aromatic heterocycles. The Kier molecular flexibility index (Phi) is 3.72. The molecule has 94 valence electrons. The summed E-state index contributed by atoms with van der Waals surface area (Å²) >= 11 is 0. The Morgan fingerprint density at radius 2 is 2.06 bits per heavy atom. The molecule has 0 amide bonds. The highest BCUT2D eigenvalue weighted by Gasteiger charge is 2.14. The maximum absolute atomic E-state index is 13.6. The summed E-state index contributed by atoms with van der Waals surface area (Å²) in [6.07, 6.45) is 2.17. The fourth-order valence-electron chi connectivity index (χ4n) is 2.02. The average Bonchev–Trinajstić information content (AvgIpc) is 2.34. The molecular weight excluding hydrogens is 227 g/mol. The Bertz CT molecular complexity index is 552. The highest BCUT2D eigenvalue weighted by Crippen LogP contribution is 2.20. The van der Waals surface area contributed by atoms with Crippen LogP contribution in [-0.2, 0) is 6.42 Å². The molecule has 0 saturated carbocycles. The first kappa shape index (κ1) is 12.7. The molecule has 1 atom stereocenters. The summed E-state index contributed by atoms with van der Waals surface area (Å²) in [7, 11) is 0. The molecule has 0 radical (unpaired) electrons. The lowest BCUT2D eigenvalue weighted by Gasteiger charge is -2.14. The third-order valence-corrected chi connectivity index (χ3v) is 3.08. The summed E-state index contributed by atoms with van der Waals surface area (Å²) in [6, 6.07) is 8.77. The Morgan fingerprint density at radius 1 is 1.28 bits per heavy atom. The van der Waals surface area contributed by atoms with Gasteiger partial charge in [-0.2, -0.15) is 0 Å². The van der Waals surface area contributed by atoms with E-state index >= 15 is 0 Å². The van der Waals surface area contributed by atoms with Crippen LogP contribution in [0.4, 0.5) is 4.39 Å². The van der Waals surface area contributed by atoms with Gasteiger partial charge in [0.25, 0.3) is 0 Å². The molecule has 3 heteroatoms. The molecule has 0 aliphatic carbocycles. The van der Waals surface area contributed by atoms with Gasteiger partial charge in [0.2, 0.25) is 0 Å². The normalized spacial score (nSPS) is 12.4. The molecule has 0 saturated heterocycles. The SMILES string of the molecule is Cc1ccc(C)c(CC(N)c2ncccc2F)c1. The van der Waals surface area contributed by atoms with Crippen molar-refractivity contribution < 1.29 is 4.39 Å². The van der Waals surface area contributed by atoms with E-state index in [9.17, 15) is 4.39 Å². The zero-order valence-corrected chi connectivity index (χ0v) is 10.7. The van der Waals surface area contributed by atoms with Crippen molar-refractivity contribution in [2.24, 2.45) is 5.73 Å². The third-order valence-electron chi connectivity index (χ3n) is 3.08. The summed E-state index contributed by atoms with van der Waals surface area (Å²) < 4.78 is 13.6. The number of pyridine rings is 1. The Hall–Kier alpha value is -1.74. The van der Waals surface area contributed by atoms with Crippen molar-refractivity contribution in [1.29, 1.82) is 0 Å². The average molecular weight is 244 g/mol. The standard InChI is InChI=1S/C15H17FN2/c1-10-5-6-11(2)12(8-10)9-14(17)15-13(16)4-3-7-18-15/h3-8,14H,9,17H2,1-2H3. The van der Waals surface area contributed by atoms with Crippen molar-refractivity contribution >= 4 is 0 Å². The third kappa shape index (κ3) is 2.74. The number of aromatic nitrogens is 1. The maximum atomic E-state index is 13.6. The molecule has 0 bridgehead atoms. The lowest BCUT2D eigenvalue weighted by atomic mass is 9.97. The molecular formula is C15H17FN2. The van der Waals surface area contributed by atoms with Gasteiger partial charge in [0.1, 0.15) is 5.82 Å². The number of hydrogen-bond donors (Lipinski definition) is 1. The van der Waals surface area contributed by atoms with E-state index in [0.717, 1.165) is 5.56 Å². The number of rotatable bonds is 3. The molecule has 0 fully saturated rings. The van der Waals surface area contributed by atoms with E-state index in [2.05, 4.69) is 23.2 Å². The van der Waals surface area contributed by atoms with E-state index in [1.54, 1.807) is 12.3 Å². The minimum atomic E-state index is -0.410. The van der Waals surface area contributed by atoms with Crippen LogP contribution in [0.3, 0.4) is 0 Å². The molecule has 0 aliphatic heterocycles. The van der Waals surface area contributed by atoms with Crippen LogP contribution in [0.25, 0.3) is 0 Å². The predicted octanol–water partition coefficient (Wildman–Crippen LogP) is 3.08. The Balaban J connectivity index is 2.24. The molecule has 2 N–H and O–H groups in total. The van der Waals surface area contributed by atoms with Gasteiger partial charge in [0.15, 0.2) is 0 Å². The molecule has 0 spiro atoms. The van der Waals surface area contributed by atoms with Gasteiger partial charge in [-0.15, -0.1) is 0 Å². The first-order valence-corrected chi connectivity index (χ1v) is 6.00. The van der Waals surface area contributed by atoms with Crippen molar-refractivity contribution in [3.8, 4) is 0 Å². The maximum Gasteiger partial charge on any atom is 0.146 e. The van der Waals surface area contributed by atoms with E-state index in [0.29, 0.717) is 12.1 Å². The van der Waals surface area contributed by atoms with Crippen molar-refractivity contribution in [2.45, 2.75) is 26.3 Å². The topological polar surface area (TPSA) is 38.9 Å². The van der Waals surface area contributed by atoms with Crippen LogP contribution in [0, 0.1) is 19.7 Å². The smallest absolute Gasteiger partial charge is 0.146 e. The summed E-state index contributed by atoms with van der Waals surface area (Å²) in [5.41, 5.74) is 9.88. The predicted molar refractivity (Wildman–Crippen MR) is 70.7 cm³/mol. The number of nitrogens with two attached hydrogens (primary N) is 1. The molecule has 1 aromatic carbocycles. The van der Waals surface area contributed by atoms with Gasteiger partial charge >= 0.3 is 0 Å². The van der Waals surface area contributed by atoms with E-state index in [4.69, 9.17) is 5.73 Å². The Morgan fingerprint density at radius 3 is 2.78 bits per heavy atom. The fourth-order valence-corrected chi connectivity index (χ4v) is 2.02. The lowest BCUT2D eigenvalue weighted by molar-refractivity contribution is 0.563. The second-order valence-corrected chi connectivity index (χ2v) is 4.61. The first-order chi connectivity index (χ1) is 8.58. The van der Waals surface area contributed by atoms with Crippen LogP contribution in [-0.4, -0.2) is 4.98 Å². The van der Waals surface area contributed by atoms with Crippen LogP contribution >= 0.6 is 0 Å². The highest BCUT2D eigenvalue weighted by atomic mass is 19.1. The van der Waals surface area contributed by atoms with Gasteiger partial charge < -0.3 is 5.73 Å². The van der Waals surface area contributed by atoms with Gasteiger partial charge in [-0.1, -0.05) is 23.8 Å². The number of nitrogens with zero attached hydrogens (tertiary/aromatic N) is 1. The molecule has 0 aliphatic rings. The van der Waals surface area contributed by atoms with Gasteiger partial charge in [-0.05, 0) is 43.5 Å². The molecule has 2 aromatic rings. The second-order valence-electron chi connectivity index (χ2n) is 4.61. The van der Waals surface area contributed by atoms with Crippen molar-refractivity contribution in [3.05, 3.63) is 64.7 Å². The Labute approximate surface area is 107 Å². The number of hydrogen-bond acceptors (Lipinski definition) is 2. The van der Waals surface area contributed by atoms with Gasteiger partial charge in [-0.25, -0.2) is 4.39 Å². The van der Waals surface area contributed by atoms with E-state index < -0.39 is 6.04 Å². The fraction of sp³-hybridized carbons (Fsp3) is 0.267. The largest absolute Gasteiger partial charge is 0.322 e. The number of halogens is 1. The van der Waals surface area contributed by atoms with Crippen LogP contribution in [0.1, 0.15) is 28.4 Å². The van der Waals surface area contributed by atoms with Crippen LogP contribution in [0.5, 0.6) is 0 Å². The monoisotopic (exact) mass is 244 g/mol. The zero-order chi connectivity index (χ0) is 13.1. The van der Waals surface area contributed by atoms with Crippen LogP contribution in [0.15, 0.2) is 36.5 Å². The second kappa shape index (κ2) is 5.27. The van der Waals surface area contributed by atoms with Crippen molar-refractivity contribution in [1.82, 2.24) is 4.98 Å². The van der Waals surface area contributed by atoms with E-state index in [-0.39, 0.29) is 5.82 Å². The molecule has 2 nitrogen and oxygen atoms in total. The van der Waals surface area contributed by atoms with E-state index in [1.807, 2.05) is 13.8 Å². The summed E-state index contributed by atoms with van der Waals surface area (Å²) in [6.45, 7) is 4.08. The molecule has 18 heavy (non-hydrogen) atoms. The molecule has 1 heterocycles. The summed E-state index contributed by atoms with van der Waals surface area (Å²) in [5, 5.41) is 0. The number of benzene rings is 1. The minimum absolute atomic E-state index is 0.332. The van der Waals surface area contributed by atoms with Crippen molar-refractivity contribution in [3.63, 3.8) is 0 Å². The van der Waals surface area contributed by atoms with Gasteiger partial charge in [0.05, 0.1) is 11.7 Å². The first-order valence-electron chi connectivity index (χ1n) is 6.00. The summed E-state index contributed by atoms with van der Waals surface area (Å²) in [5.74, 6) is -0.338. The quantitative estimate of drug-likeness (QED) is 0.901. The van der Waals surface area contributed by atoms with Gasteiger partial charge in [-0.3, -0.25) is 4.98 Å². The van der Waals surface area contributed by atoms with Gasteiger partial charge in [0, 0.05) is 6.20 Å². The minimum Gasteiger partial charge on any atom is -0.322 e. The van der Waals surface area contributed by atoms with Crippen LogP contribution < -0.4 is 5.73 Å².